The predicted octanol–water partition coefficient (Wildman–Crippen LogP) is 2.83. The first kappa shape index (κ1) is 13.5. The first-order valence-corrected chi connectivity index (χ1v) is 6.30. The second kappa shape index (κ2) is 4.97. The Morgan fingerprint density at radius 1 is 1.32 bits per heavy atom. The lowest BCUT2D eigenvalue weighted by atomic mass is 9.96. The number of rotatable bonds is 2. The van der Waals surface area contributed by atoms with Gasteiger partial charge in [-0.05, 0) is 42.0 Å². The maximum Gasteiger partial charge on any atom is 0.216 e. The molecule has 0 fully saturated rings. The van der Waals surface area contributed by atoms with Gasteiger partial charge in [0.15, 0.2) is 5.82 Å². The van der Waals surface area contributed by atoms with Gasteiger partial charge in [0.25, 0.3) is 0 Å². The maximum absolute atomic E-state index is 9.22. The van der Waals surface area contributed by atoms with Crippen molar-refractivity contribution in [3.63, 3.8) is 0 Å². The van der Waals surface area contributed by atoms with Crippen LogP contribution in [0, 0.1) is 4.77 Å². The highest BCUT2D eigenvalue weighted by Crippen LogP contribution is 2.19. The Labute approximate surface area is 116 Å². The Morgan fingerprint density at radius 2 is 1.95 bits per heavy atom. The third-order valence-electron chi connectivity index (χ3n) is 2.54. The average molecular weight is 276 g/mol. The summed E-state index contributed by atoms with van der Waals surface area (Å²) in [6.45, 7) is 6.14. The van der Waals surface area contributed by atoms with Gasteiger partial charge in [0.1, 0.15) is 5.75 Å². The quantitative estimate of drug-likeness (QED) is 0.654. The van der Waals surface area contributed by atoms with E-state index in [9.17, 15) is 5.11 Å². The zero-order valence-electron chi connectivity index (χ0n) is 11.1. The minimum atomic E-state index is -0.153. The van der Waals surface area contributed by atoms with Gasteiger partial charge >= 0.3 is 0 Å². The highest BCUT2D eigenvalue weighted by molar-refractivity contribution is 7.71. The molecule has 0 atom stereocenters. The molecule has 0 aliphatic rings. The summed E-state index contributed by atoms with van der Waals surface area (Å²) in [4.78, 5) is 0. The Balaban J connectivity index is 2.36. The Morgan fingerprint density at radius 3 is 2.53 bits per heavy atom. The fourth-order valence-electron chi connectivity index (χ4n) is 1.57. The number of phenols is 1. The Bertz CT molecular complexity index is 647. The molecule has 19 heavy (non-hydrogen) atoms. The largest absolute Gasteiger partial charge is 0.508 e. The summed E-state index contributed by atoms with van der Waals surface area (Å²) in [6.07, 6.45) is 1.68. The summed E-state index contributed by atoms with van der Waals surface area (Å²) >= 11 is 5.17. The van der Waals surface area contributed by atoms with Crippen LogP contribution in [0.2, 0.25) is 0 Å². The van der Waals surface area contributed by atoms with Crippen LogP contribution in [-0.2, 0) is 5.41 Å². The van der Waals surface area contributed by atoms with Crippen molar-refractivity contribution < 1.29 is 5.11 Å². The van der Waals surface area contributed by atoms with Crippen LogP contribution in [0.3, 0.4) is 0 Å². The molecular weight excluding hydrogens is 260 g/mol. The molecule has 2 rings (SSSR count). The van der Waals surface area contributed by atoms with Gasteiger partial charge in [-0.25, -0.2) is 0 Å². The monoisotopic (exact) mass is 276 g/mol. The Hall–Kier alpha value is -1.95. The predicted molar refractivity (Wildman–Crippen MR) is 77.2 cm³/mol. The lowest BCUT2D eigenvalue weighted by Crippen LogP contribution is -2.17. The van der Waals surface area contributed by atoms with E-state index in [0.29, 0.717) is 4.77 Å². The summed E-state index contributed by atoms with van der Waals surface area (Å²) in [6, 6.07) is 6.78. The first-order chi connectivity index (χ1) is 8.88. The van der Waals surface area contributed by atoms with Crippen molar-refractivity contribution in [2.75, 3.05) is 0 Å². The molecule has 100 valence electrons. The van der Waals surface area contributed by atoms with Gasteiger partial charge in [0.05, 0.1) is 6.21 Å². The van der Waals surface area contributed by atoms with Crippen molar-refractivity contribution >= 4 is 18.4 Å². The summed E-state index contributed by atoms with van der Waals surface area (Å²) in [5.74, 6) is 1.000. The molecule has 0 aliphatic heterocycles. The SMILES string of the molecule is CC(C)(C)c1n[nH]c(=S)n1N=Cc1ccc(O)cc1. The van der Waals surface area contributed by atoms with Crippen LogP contribution >= 0.6 is 12.2 Å². The van der Waals surface area contributed by atoms with Gasteiger partial charge in [-0.3, -0.25) is 5.10 Å². The molecule has 0 bridgehead atoms. The van der Waals surface area contributed by atoms with Crippen molar-refractivity contribution in [1.29, 1.82) is 0 Å². The van der Waals surface area contributed by atoms with Crippen LogP contribution in [0.15, 0.2) is 29.4 Å². The van der Waals surface area contributed by atoms with E-state index in [-0.39, 0.29) is 11.2 Å². The molecule has 0 saturated carbocycles. The van der Waals surface area contributed by atoms with E-state index in [0.717, 1.165) is 11.4 Å². The summed E-state index contributed by atoms with van der Waals surface area (Å²) < 4.78 is 2.07. The zero-order chi connectivity index (χ0) is 14.0. The van der Waals surface area contributed by atoms with Crippen molar-refractivity contribution in [1.82, 2.24) is 14.9 Å². The molecule has 0 radical (unpaired) electrons. The zero-order valence-corrected chi connectivity index (χ0v) is 11.9. The van der Waals surface area contributed by atoms with Gasteiger partial charge in [-0.15, -0.1) is 0 Å². The minimum absolute atomic E-state index is 0.153. The van der Waals surface area contributed by atoms with Crippen LogP contribution in [0.5, 0.6) is 5.75 Å². The van der Waals surface area contributed by atoms with Crippen LogP contribution in [0.1, 0.15) is 32.2 Å². The van der Waals surface area contributed by atoms with E-state index in [1.807, 2.05) is 20.8 Å². The first-order valence-electron chi connectivity index (χ1n) is 5.89. The van der Waals surface area contributed by atoms with E-state index in [1.54, 1.807) is 35.2 Å². The standard InChI is InChI=1S/C13H16N4OS/c1-13(2,3)11-15-16-12(19)17(11)14-8-9-4-6-10(18)7-5-9/h4-8,18H,1-3H3,(H,16,19). The van der Waals surface area contributed by atoms with Gasteiger partial charge in [-0.1, -0.05) is 20.8 Å². The molecule has 6 heteroatoms. The third kappa shape index (κ3) is 3.08. The lowest BCUT2D eigenvalue weighted by molar-refractivity contribution is 0.475. The molecule has 1 aromatic heterocycles. The fraction of sp³-hybridized carbons (Fsp3) is 0.308. The van der Waals surface area contributed by atoms with E-state index < -0.39 is 0 Å². The summed E-state index contributed by atoms with van der Waals surface area (Å²) in [5.41, 5.74) is 0.723. The van der Waals surface area contributed by atoms with Crippen LogP contribution < -0.4 is 0 Å². The molecule has 0 spiro atoms. The number of aromatic amines is 1. The minimum Gasteiger partial charge on any atom is -0.508 e. The highest BCUT2D eigenvalue weighted by atomic mass is 32.1. The van der Waals surface area contributed by atoms with Crippen LogP contribution in [0.25, 0.3) is 0 Å². The smallest absolute Gasteiger partial charge is 0.216 e. The normalized spacial score (nSPS) is 12.2. The molecule has 1 aromatic carbocycles. The number of hydrogen-bond acceptors (Lipinski definition) is 4. The number of aromatic nitrogens is 3. The third-order valence-corrected chi connectivity index (χ3v) is 2.80. The average Bonchev–Trinajstić information content (AvgIpc) is 2.70. The molecule has 5 nitrogen and oxygen atoms in total. The van der Waals surface area contributed by atoms with Crippen molar-refractivity contribution in [2.45, 2.75) is 26.2 Å². The molecule has 0 aliphatic carbocycles. The molecule has 0 amide bonds. The van der Waals surface area contributed by atoms with Gasteiger partial charge < -0.3 is 5.11 Å². The molecule has 2 aromatic rings. The number of nitrogens with one attached hydrogen (secondary N) is 1. The van der Waals surface area contributed by atoms with Crippen molar-refractivity contribution in [2.24, 2.45) is 5.10 Å². The van der Waals surface area contributed by atoms with Gasteiger partial charge in [-0.2, -0.15) is 14.9 Å². The molecule has 0 saturated heterocycles. The number of phenolic OH excluding ortho intramolecular Hbond substituents is 1. The van der Waals surface area contributed by atoms with Gasteiger partial charge in [0.2, 0.25) is 4.77 Å². The topological polar surface area (TPSA) is 66.2 Å². The molecule has 0 unspecified atom stereocenters. The molecular formula is C13H16N4OS. The second-order valence-corrected chi connectivity index (χ2v) is 5.64. The number of aromatic hydroxyl groups is 1. The van der Waals surface area contributed by atoms with Gasteiger partial charge in [0, 0.05) is 5.41 Å². The molecule has 2 N–H and O–H groups in total. The maximum atomic E-state index is 9.22. The van der Waals surface area contributed by atoms with E-state index >= 15 is 0 Å². The Kier molecular flexibility index (Phi) is 3.53. The van der Waals surface area contributed by atoms with Crippen LogP contribution in [0.4, 0.5) is 0 Å². The van der Waals surface area contributed by atoms with Crippen molar-refractivity contribution in [3.05, 3.63) is 40.4 Å². The summed E-state index contributed by atoms with van der Waals surface area (Å²) in [5, 5.41) is 20.5. The number of nitrogens with zero attached hydrogens (tertiary/aromatic N) is 3. The van der Waals surface area contributed by atoms with E-state index in [2.05, 4.69) is 15.3 Å². The summed E-state index contributed by atoms with van der Waals surface area (Å²) in [7, 11) is 0. The van der Waals surface area contributed by atoms with E-state index in [4.69, 9.17) is 12.2 Å². The number of H-pyrrole nitrogens is 1. The highest BCUT2D eigenvalue weighted by Gasteiger charge is 2.21. The fourth-order valence-corrected chi connectivity index (χ4v) is 1.75. The second-order valence-electron chi connectivity index (χ2n) is 5.25. The lowest BCUT2D eigenvalue weighted by Gasteiger charge is -2.15. The number of benzene rings is 1. The molecule has 1 heterocycles. The van der Waals surface area contributed by atoms with Crippen molar-refractivity contribution in [3.8, 4) is 5.75 Å². The van der Waals surface area contributed by atoms with E-state index in [1.165, 1.54) is 0 Å². The van der Waals surface area contributed by atoms with Crippen LogP contribution in [-0.4, -0.2) is 26.2 Å². The number of hydrogen-bond donors (Lipinski definition) is 2.